The van der Waals surface area contributed by atoms with E-state index < -0.39 is 35.1 Å². The highest BCUT2D eigenvalue weighted by atomic mass is 19.4. The molecule has 3 heterocycles. The Labute approximate surface area is 151 Å². The molecule has 4 unspecified atom stereocenters. The van der Waals surface area contributed by atoms with E-state index in [-0.39, 0.29) is 18.1 Å². The van der Waals surface area contributed by atoms with Crippen LogP contribution >= 0.6 is 0 Å². The van der Waals surface area contributed by atoms with Crippen LogP contribution in [0.2, 0.25) is 0 Å². The summed E-state index contributed by atoms with van der Waals surface area (Å²) in [5.74, 6) is -3.13. The van der Waals surface area contributed by atoms with Crippen LogP contribution in [0, 0.1) is 11.7 Å². The molecule has 1 aromatic heterocycles. The maximum absolute atomic E-state index is 14.2. The quantitative estimate of drug-likeness (QED) is 0.827. The van der Waals surface area contributed by atoms with Gasteiger partial charge in [-0.2, -0.15) is 13.2 Å². The molecule has 2 aliphatic rings. The number of alkyl halides is 3. The van der Waals surface area contributed by atoms with Crippen molar-refractivity contribution in [2.75, 3.05) is 5.32 Å². The third-order valence-electron chi connectivity index (χ3n) is 5.06. The molecule has 0 aliphatic carbocycles. The van der Waals surface area contributed by atoms with Gasteiger partial charge in [-0.1, -0.05) is 6.07 Å². The van der Waals surface area contributed by atoms with E-state index in [1.54, 1.807) is 6.20 Å². The fourth-order valence-corrected chi connectivity index (χ4v) is 3.93. The molecule has 4 rings (SSSR count). The zero-order valence-corrected chi connectivity index (χ0v) is 13.9. The molecule has 0 spiro atoms. The smallest absolute Gasteiger partial charge is 0.373 e. The van der Waals surface area contributed by atoms with Crippen molar-refractivity contribution < 1.29 is 27.1 Å². The van der Waals surface area contributed by atoms with Gasteiger partial charge in [0, 0.05) is 24.5 Å². The van der Waals surface area contributed by atoms with Gasteiger partial charge in [-0.3, -0.25) is 14.8 Å². The van der Waals surface area contributed by atoms with E-state index >= 15 is 0 Å². The van der Waals surface area contributed by atoms with E-state index in [1.165, 1.54) is 12.4 Å². The van der Waals surface area contributed by atoms with E-state index in [4.69, 9.17) is 4.74 Å². The first-order valence-electron chi connectivity index (χ1n) is 8.44. The number of amides is 1. The summed E-state index contributed by atoms with van der Waals surface area (Å²) in [5.41, 5.74) is -1.35. The standard InChI is InChI=1S/C18H15F4N3O2/c19-16-9(18(20,21)22)2-1-3-10(16)25-17(26)15-13-5-4-12(27-13)14(15)11-8-23-6-7-24-11/h1-3,6-8,12-15H,4-5H2,(H,25,26). The topological polar surface area (TPSA) is 64.1 Å². The van der Waals surface area contributed by atoms with Crippen LogP contribution in [0.4, 0.5) is 23.2 Å². The molecule has 2 saturated heterocycles. The lowest BCUT2D eigenvalue weighted by molar-refractivity contribution is -0.140. The predicted octanol–water partition coefficient (Wildman–Crippen LogP) is 3.53. The molecule has 142 valence electrons. The molecular weight excluding hydrogens is 366 g/mol. The van der Waals surface area contributed by atoms with Gasteiger partial charge in [-0.05, 0) is 25.0 Å². The number of carbonyl (C=O) groups is 1. The van der Waals surface area contributed by atoms with E-state index in [0.29, 0.717) is 18.2 Å². The SMILES string of the molecule is O=C(Nc1cccc(C(F)(F)F)c1F)C1C2CCC(O2)C1c1cnccn1. The number of ether oxygens (including phenoxy) is 1. The Hall–Kier alpha value is -2.55. The predicted molar refractivity (Wildman–Crippen MR) is 86.2 cm³/mol. The molecule has 0 radical (unpaired) electrons. The van der Waals surface area contributed by atoms with Gasteiger partial charge in [0.15, 0.2) is 5.82 Å². The Bertz CT molecular complexity index is 859. The first kappa shape index (κ1) is 17.8. The number of anilines is 1. The summed E-state index contributed by atoms with van der Waals surface area (Å²) in [6, 6.07) is 2.79. The number of hydrogen-bond donors (Lipinski definition) is 1. The maximum Gasteiger partial charge on any atom is 0.419 e. The van der Waals surface area contributed by atoms with Crippen LogP contribution in [-0.2, 0) is 15.7 Å². The second-order valence-electron chi connectivity index (χ2n) is 6.63. The normalized spacial score (nSPS) is 27.0. The maximum atomic E-state index is 14.2. The van der Waals surface area contributed by atoms with Crippen molar-refractivity contribution >= 4 is 11.6 Å². The number of hydrogen-bond acceptors (Lipinski definition) is 4. The summed E-state index contributed by atoms with van der Waals surface area (Å²) >= 11 is 0. The van der Waals surface area contributed by atoms with Gasteiger partial charge in [-0.25, -0.2) is 4.39 Å². The molecule has 2 bridgehead atoms. The zero-order chi connectivity index (χ0) is 19.2. The molecule has 1 aromatic carbocycles. The highest BCUT2D eigenvalue weighted by Crippen LogP contribution is 2.48. The van der Waals surface area contributed by atoms with Crippen molar-refractivity contribution in [1.29, 1.82) is 0 Å². The molecule has 2 fully saturated rings. The summed E-state index contributed by atoms with van der Waals surface area (Å²) in [4.78, 5) is 21.1. The molecular formula is C18H15F4N3O2. The molecule has 1 amide bonds. The molecule has 27 heavy (non-hydrogen) atoms. The highest BCUT2D eigenvalue weighted by molar-refractivity contribution is 5.94. The number of nitrogens with one attached hydrogen (secondary N) is 1. The number of rotatable bonds is 3. The van der Waals surface area contributed by atoms with Crippen LogP contribution in [0.5, 0.6) is 0 Å². The fraction of sp³-hybridized carbons (Fsp3) is 0.389. The van der Waals surface area contributed by atoms with Crippen molar-refractivity contribution in [3.63, 3.8) is 0 Å². The molecule has 2 aromatic rings. The van der Waals surface area contributed by atoms with Crippen molar-refractivity contribution in [3.8, 4) is 0 Å². The molecule has 4 atom stereocenters. The van der Waals surface area contributed by atoms with E-state index in [0.717, 1.165) is 18.6 Å². The molecule has 1 N–H and O–H groups in total. The Kier molecular flexibility index (Phi) is 4.33. The van der Waals surface area contributed by atoms with E-state index in [2.05, 4.69) is 15.3 Å². The fourth-order valence-electron chi connectivity index (χ4n) is 3.93. The summed E-state index contributed by atoms with van der Waals surface area (Å²) in [5, 5.41) is 2.31. The Morgan fingerprint density at radius 2 is 1.96 bits per heavy atom. The Morgan fingerprint density at radius 3 is 2.67 bits per heavy atom. The molecule has 9 heteroatoms. The molecule has 2 aliphatic heterocycles. The third-order valence-corrected chi connectivity index (χ3v) is 5.06. The zero-order valence-electron chi connectivity index (χ0n) is 13.9. The van der Waals surface area contributed by atoms with Crippen LogP contribution in [0.1, 0.15) is 30.0 Å². The summed E-state index contributed by atoms with van der Waals surface area (Å²) < 4.78 is 58.7. The average Bonchev–Trinajstić information content (AvgIpc) is 3.24. The summed E-state index contributed by atoms with van der Waals surface area (Å²) in [7, 11) is 0. The second-order valence-corrected chi connectivity index (χ2v) is 6.63. The van der Waals surface area contributed by atoms with Crippen LogP contribution in [0.3, 0.4) is 0 Å². The number of halogens is 4. The van der Waals surface area contributed by atoms with Crippen LogP contribution < -0.4 is 5.32 Å². The monoisotopic (exact) mass is 381 g/mol. The highest BCUT2D eigenvalue weighted by Gasteiger charge is 2.53. The van der Waals surface area contributed by atoms with E-state index in [9.17, 15) is 22.4 Å². The second kappa shape index (κ2) is 6.56. The number of fused-ring (bicyclic) bond motifs is 2. The van der Waals surface area contributed by atoms with Gasteiger partial charge < -0.3 is 10.1 Å². The Morgan fingerprint density at radius 1 is 1.19 bits per heavy atom. The average molecular weight is 381 g/mol. The first-order valence-corrected chi connectivity index (χ1v) is 8.44. The minimum Gasteiger partial charge on any atom is -0.373 e. The van der Waals surface area contributed by atoms with Gasteiger partial charge in [0.05, 0.1) is 35.1 Å². The number of benzene rings is 1. The van der Waals surface area contributed by atoms with Gasteiger partial charge in [0.2, 0.25) is 5.91 Å². The largest absolute Gasteiger partial charge is 0.419 e. The van der Waals surface area contributed by atoms with Crippen molar-refractivity contribution in [2.24, 2.45) is 5.92 Å². The van der Waals surface area contributed by atoms with Gasteiger partial charge in [0.1, 0.15) is 0 Å². The van der Waals surface area contributed by atoms with Gasteiger partial charge in [0.25, 0.3) is 0 Å². The van der Waals surface area contributed by atoms with E-state index in [1.807, 2.05) is 0 Å². The number of carbonyl (C=O) groups excluding carboxylic acids is 1. The Balaban J connectivity index is 1.61. The van der Waals surface area contributed by atoms with Crippen LogP contribution in [0.15, 0.2) is 36.8 Å². The minimum atomic E-state index is -4.84. The molecule has 5 nitrogen and oxygen atoms in total. The van der Waals surface area contributed by atoms with Crippen molar-refractivity contribution in [1.82, 2.24) is 9.97 Å². The lowest BCUT2D eigenvalue weighted by atomic mass is 9.77. The number of aromatic nitrogens is 2. The molecule has 0 saturated carbocycles. The van der Waals surface area contributed by atoms with Gasteiger partial charge in [-0.15, -0.1) is 0 Å². The van der Waals surface area contributed by atoms with Crippen LogP contribution in [0.25, 0.3) is 0 Å². The minimum absolute atomic E-state index is 0.214. The van der Waals surface area contributed by atoms with Gasteiger partial charge >= 0.3 is 6.18 Å². The van der Waals surface area contributed by atoms with Crippen LogP contribution in [-0.4, -0.2) is 28.1 Å². The summed E-state index contributed by atoms with van der Waals surface area (Å²) in [6.07, 6.45) is 0.526. The summed E-state index contributed by atoms with van der Waals surface area (Å²) in [6.45, 7) is 0. The third kappa shape index (κ3) is 3.16. The first-order chi connectivity index (χ1) is 12.9. The lowest BCUT2D eigenvalue weighted by Crippen LogP contribution is -2.36. The number of nitrogens with zero attached hydrogens (tertiary/aromatic N) is 2. The van der Waals surface area contributed by atoms with Crippen molar-refractivity contribution in [2.45, 2.75) is 37.1 Å². The lowest BCUT2D eigenvalue weighted by Gasteiger charge is -2.26. The van der Waals surface area contributed by atoms with Crippen molar-refractivity contribution in [3.05, 3.63) is 53.9 Å².